The second-order valence-corrected chi connectivity index (χ2v) is 7.45. The lowest BCUT2D eigenvalue weighted by Crippen LogP contribution is -2.07. The molecule has 0 spiro atoms. The maximum atomic E-state index is 11.2. The fraction of sp³-hybridized carbons (Fsp3) is 0.208. The Bertz CT molecular complexity index is 1080. The van der Waals surface area contributed by atoms with E-state index in [4.69, 9.17) is 12.6 Å². The third-order valence-electron chi connectivity index (χ3n) is 4.52. The number of amides is 1. The van der Waals surface area contributed by atoms with Gasteiger partial charge >= 0.3 is 0 Å². The Hall–Kier alpha value is -3.61. The van der Waals surface area contributed by atoms with Crippen molar-refractivity contribution in [3.05, 3.63) is 83.8 Å². The van der Waals surface area contributed by atoms with Crippen LogP contribution in [-0.4, -0.2) is 23.7 Å². The highest BCUT2D eigenvalue weighted by Crippen LogP contribution is 2.26. The minimum absolute atomic E-state index is 0.0698. The molecule has 6 nitrogen and oxygen atoms in total. The predicted molar refractivity (Wildman–Crippen MR) is 125 cm³/mol. The van der Waals surface area contributed by atoms with Gasteiger partial charge in [0.15, 0.2) is 0 Å². The average molecular weight is 412 g/mol. The summed E-state index contributed by atoms with van der Waals surface area (Å²) >= 11 is 0. The fourth-order valence-electron chi connectivity index (χ4n) is 3.09. The number of rotatable bonds is 8. The Labute approximate surface area is 184 Å². The molecule has 2 N–H and O–H groups in total. The quantitative estimate of drug-likeness (QED) is 0.513. The number of nitrogens with zero attached hydrogens (tertiary/aromatic N) is 2. The summed E-state index contributed by atoms with van der Waals surface area (Å²) in [5, 5.41) is 5.99. The van der Waals surface area contributed by atoms with Gasteiger partial charge in [0.25, 0.3) is 0 Å². The SMILES string of the molecule is [B]C(C)c1cc(C)ccc1NC(=C)Cc1ccc(Oc2cc(NC(C)=O)ncn2)cc1. The number of allylic oxidation sites excluding steroid dienone is 1. The molecule has 0 aliphatic heterocycles. The topological polar surface area (TPSA) is 76.1 Å². The van der Waals surface area contributed by atoms with Gasteiger partial charge in [0.1, 0.15) is 17.9 Å². The van der Waals surface area contributed by atoms with Crippen LogP contribution in [0.5, 0.6) is 11.6 Å². The maximum absolute atomic E-state index is 11.2. The van der Waals surface area contributed by atoms with Crippen LogP contribution >= 0.6 is 0 Å². The first-order valence-corrected chi connectivity index (χ1v) is 9.97. The fourth-order valence-corrected chi connectivity index (χ4v) is 3.09. The lowest BCUT2D eigenvalue weighted by atomic mass is 9.81. The molecule has 2 aromatic carbocycles. The Morgan fingerprint density at radius 2 is 1.87 bits per heavy atom. The lowest BCUT2D eigenvalue weighted by Gasteiger charge is -2.17. The molecule has 0 aliphatic rings. The molecule has 7 heteroatoms. The first kappa shape index (κ1) is 22.1. The average Bonchev–Trinajstić information content (AvgIpc) is 2.70. The number of anilines is 2. The van der Waals surface area contributed by atoms with E-state index < -0.39 is 0 Å². The van der Waals surface area contributed by atoms with Gasteiger partial charge in [-0.1, -0.05) is 49.1 Å². The van der Waals surface area contributed by atoms with E-state index in [1.54, 1.807) is 6.07 Å². The zero-order valence-electron chi connectivity index (χ0n) is 18.0. The van der Waals surface area contributed by atoms with Crippen LogP contribution in [0.15, 0.2) is 67.1 Å². The molecule has 1 atom stereocenters. The molecule has 1 heterocycles. The van der Waals surface area contributed by atoms with E-state index >= 15 is 0 Å². The summed E-state index contributed by atoms with van der Waals surface area (Å²) in [4.78, 5) is 19.2. The van der Waals surface area contributed by atoms with Gasteiger partial charge in [-0.2, -0.15) is 0 Å². The van der Waals surface area contributed by atoms with Crippen molar-refractivity contribution in [1.29, 1.82) is 0 Å². The summed E-state index contributed by atoms with van der Waals surface area (Å²) in [6.07, 6.45) is 2.00. The normalized spacial score (nSPS) is 11.5. The van der Waals surface area contributed by atoms with E-state index in [0.717, 1.165) is 22.5 Å². The van der Waals surface area contributed by atoms with Gasteiger partial charge in [0.05, 0.1) is 7.85 Å². The van der Waals surface area contributed by atoms with Gasteiger partial charge in [-0.25, -0.2) is 9.97 Å². The summed E-state index contributed by atoms with van der Waals surface area (Å²) in [5.74, 6) is 1.09. The van der Waals surface area contributed by atoms with Crippen LogP contribution in [0.2, 0.25) is 0 Å². The van der Waals surface area contributed by atoms with Gasteiger partial charge in [-0.05, 0) is 36.2 Å². The summed E-state index contributed by atoms with van der Waals surface area (Å²) in [6.45, 7) is 9.60. The molecule has 1 unspecified atom stereocenters. The molecule has 0 aliphatic carbocycles. The van der Waals surface area contributed by atoms with Crippen LogP contribution in [0.4, 0.5) is 11.5 Å². The molecule has 0 saturated heterocycles. The minimum atomic E-state index is -0.207. The maximum Gasteiger partial charge on any atom is 0.224 e. The number of hydrogen-bond donors (Lipinski definition) is 2. The van der Waals surface area contributed by atoms with Crippen LogP contribution in [-0.2, 0) is 11.2 Å². The van der Waals surface area contributed by atoms with Crippen molar-refractivity contribution in [1.82, 2.24) is 9.97 Å². The molecule has 2 radical (unpaired) electrons. The Morgan fingerprint density at radius 1 is 1.13 bits per heavy atom. The number of carbonyl (C=O) groups excluding carboxylic acids is 1. The van der Waals surface area contributed by atoms with E-state index in [1.807, 2.05) is 37.3 Å². The summed E-state index contributed by atoms with van der Waals surface area (Å²) in [7, 11) is 6.11. The third-order valence-corrected chi connectivity index (χ3v) is 4.52. The van der Waals surface area contributed by atoms with Crippen molar-refractivity contribution < 1.29 is 9.53 Å². The highest BCUT2D eigenvalue weighted by atomic mass is 16.5. The number of ether oxygens (including phenoxy) is 1. The molecule has 3 aromatic rings. The van der Waals surface area contributed by atoms with Crippen LogP contribution in [0.25, 0.3) is 0 Å². The summed E-state index contributed by atoms with van der Waals surface area (Å²) < 4.78 is 5.76. The molecule has 0 fully saturated rings. The van der Waals surface area contributed by atoms with Crippen molar-refractivity contribution in [2.45, 2.75) is 33.0 Å². The smallest absolute Gasteiger partial charge is 0.224 e. The number of hydrogen-bond acceptors (Lipinski definition) is 5. The second kappa shape index (κ2) is 9.93. The van der Waals surface area contributed by atoms with E-state index in [9.17, 15) is 4.79 Å². The standard InChI is InChI=1S/C24H25BN4O2/c1-15-5-10-22(21(11-15)17(3)25)28-16(2)12-19-6-8-20(9-7-19)31-24-13-23(26-14-27-24)29-18(4)30/h5-11,13-14,17,28H,2,12H2,1,3-4H3,(H,26,27,29,30). The van der Waals surface area contributed by atoms with Gasteiger partial charge in [0, 0.05) is 30.8 Å². The van der Waals surface area contributed by atoms with Crippen molar-refractivity contribution in [3.63, 3.8) is 0 Å². The Balaban J connectivity index is 1.62. The number of nitrogens with one attached hydrogen (secondary N) is 2. The van der Waals surface area contributed by atoms with Gasteiger partial charge in [0.2, 0.25) is 11.8 Å². The van der Waals surface area contributed by atoms with E-state index in [1.165, 1.54) is 18.8 Å². The summed E-state index contributed by atoms with van der Waals surface area (Å²) in [5.41, 5.74) is 5.17. The van der Waals surface area contributed by atoms with Gasteiger partial charge in [-0.15, -0.1) is 0 Å². The molecule has 156 valence electrons. The van der Waals surface area contributed by atoms with E-state index in [0.29, 0.717) is 23.9 Å². The molecule has 1 aromatic heterocycles. The molecular weight excluding hydrogens is 387 g/mol. The monoisotopic (exact) mass is 412 g/mol. The molecule has 31 heavy (non-hydrogen) atoms. The van der Waals surface area contributed by atoms with Crippen LogP contribution in [0.3, 0.4) is 0 Å². The number of carbonyl (C=O) groups is 1. The van der Waals surface area contributed by atoms with Crippen LogP contribution in [0, 0.1) is 6.92 Å². The largest absolute Gasteiger partial charge is 0.439 e. The summed E-state index contributed by atoms with van der Waals surface area (Å²) in [6, 6.07) is 15.4. The number of aryl methyl sites for hydroxylation is 1. The third kappa shape index (κ3) is 6.44. The predicted octanol–water partition coefficient (Wildman–Crippen LogP) is 4.93. The number of benzene rings is 2. The van der Waals surface area contributed by atoms with Crippen molar-refractivity contribution in [3.8, 4) is 11.6 Å². The zero-order chi connectivity index (χ0) is 22.4. The molecular formula is C24H25BN4O2. The van der Waals surface area contributed by atoms with E-state index in [2.05, 4.69) is 46.2 Å². The van der Waals surface area contributed by atoms with Crippen LogP contribution in [0.1, 0.15) is 36.4 Å². The van der Waals surface area contributed by atoms with Crippen molar-refractivity contribution in [2.75, 3.05) is 10.6 Å². The first-order chi connectivity index (χ1) is 14.8. The van der Waals surface area contributed by atoms with Gasteiger partial charge < -0.3 is 15.4 Å². The molecule has 0 bridgehead atoms. The van der Waals surface area contributed by atoms with Crippen LogP contribution < -0.4 is 15.4 Å². The highest BCUT2D eigenvalue weighted by molar-refractivity contribution is 6.12. The second-order valence-electron chi connectivity index (χ2n) is 7.45. The number of aromatic nitrogens is 2. The van der Waals surface area contributed by atoms with Crippen molar-refractivity contribution >= 4 is 25.3 Å². The zero-order valence-corrected chi connectivity index (χ0v) is 18.0. The van der Waals surface area contributed by atoms with Gasteiger partial charge in [-0.3, -0.25) is 4.79 Å². The molecule has 1 amide bonds. The first-order valence-electron chi connectivity index (χ1n) is 9.97. The molecule has 3 rings (SSSR count). The molecule has 0 saturated carbocycles. The lowest BCUT2D eigenvalue weighted by molar-refractivity contribution is -0.114. The van der Waals surface area contributed by atoms with E-state index in [-0.39, 0.29) is 11.7 Å². The Kier molecular flexibility index (Phi) is 7.08. The Morgan fingerprint density at radius 3 is 2.55 bits per heavy atom. The minimum Gasteiger partial charge on any atom is -0.439 e. The highest BCUT2D eigenvalue weighted by Gasteiger charge is 2.08. The van der Waals surface area contributed by atoms with Crippen molar-refractivity contribution in [2.24, 2.45) is 0 Å².